The molecule has 1 aliphatic heterocycles. The van der Waals surface area contributed by atoms with Gasteiger partial charge in [0, 0.05) is 17.8 Å². The summed E-state index contributed by atoms with van der Waals surface area (Å²) >= 11 is 5.93. The predicted molar refractivity (Wildman–Crippen MR) is 79.1 cm³/mol. The van der Waals surface area contributed by atoms with Gasteiger partial charge in [0.25, 0.3) is 5.91 Å². The van der Waals surface area contributed by atoms with Crippen molar-refractivity contribution >= 4 is 23.2 Å². The van der Waals surface area contributed by atoms with Crippen LogP contribution in [0.4, 0.5) is 14.5 Å². The first-order chi connectivity index (χ1) is 10.5. The minimum atomic E-state index is -0.856. The van der Waals surface area contributed by atoms with E-state index in [0.717, 1.165) is 6.07 Å². The van der Waals surface area contributed by atoms with Crippen molar-refractivity contribution in [3.63, 3.8) is 0 Å². The van der Waals surface area contributed by atoms with Crippen LogP contribution in [0, 0.1) is 11.6 Å². The van der Waals surface area contributed by atoms with Crippen molar-refractivity contribution in [2.75, 3.05) is 11.4 Å². The quantitative estimate of drug-likeness (QED) is 0.869. The number of aliphatic hydroxyl groups is 1. The summed E-state index contributed by atoms with van der Waals surface area (Å²) in [4.78, 5) is 13.9. The number of halogens is 3. The van der Waals surface area contributed by atoms with Crippen LogP contribution >= 0.6 is 11.6 Å². The Morgan fingerprint density at radius 3 is 2.77 bits per heavy atom. The summed E-state index contributed by atoms with van der Waals surface area (Å²) in [6.45, 7) is 0.198. The zero-order chi connectivity index (χ0) is 15.9. The molecule has 2 aromatic rings. The minimum absolute atomic E-state index is 0.0137. The summed E-state index contributed by atoms with van der Waals surface area (Å²) < 4.78 is 27.3. The zero-order valence-corrected chi connectivity index (χ0v) is 12.1. The Kier molecular flexibility index (Phi) is 3.85. The first-order valence-electron chi connectivity index (χ1n) is 6.72. The van der Waals surface area contributed by atoms with Crippen LogP contribution in [-0.2, 0) is 0 Å². The molecule has 1 aliphatic rings. The maximum absolute atomic E-state index is 13.9. The Hall–Kier alpha value is -1.98. The van der Waals surface area contributed by atoms with E-state index in [-0.39, 0.29) is 23.6 Å². The summed E-state index contributed by atoms with van der Waals surface area (Å²) in [5, 5.41) is 9.97. The summed E-state index contributed by atoms with van der Waals surface area (Å²) in [5.74, 6) is -1.83. The van der Waals surface area contributed by atoms with E-state index in [9.17, 15) is 18.7 Å². The van der Waals surface area contributed by atoms with Crippen molar-refractivity contribution in [2.45, 2.75) is 12.5 Å². The normalized spacial score (nSPS) is 17.3. The molecule has 3 rings (SSSR count). The monoisotopic (exact) mass is 323 g/mol. The number of amides is 1. The van der Waals surface area contributed by atoms with Gasteiger partial charge in [-0.1, -0.05) is 17.7 Å². The lowest BCUT2D eigenvalue weighted by molar-refractivity contribution is 0.0966. The molecule has 0 aromatic heterocycles. The molecule has 22 heavy (non-hydrogen) atoms. The number of hydrogen-bond acceptors (Lipinski definition) is 2. The number of rotatable bonds is 1. The second-order valence-corrected chi connectivity index (χ2v) is 5.47. The van der Waals surface area contributed by atoms with Crippen LogP contribution in [0.5, 0.6) is 0 Å². The molecule has 114 valence electrons. The number of benzene rings is 2. The summed E-state index contributed by atoms with van der Waals surface area (Å²) in [5.41, 5.74) is 0.451. The molecule has 1 atom stereocenters. The molecule has 0 saturated carbocycles. The Bertz CT molecular complexity index is 731. The van der Waals surface area contributed by atoms with Gasteiger partial charge < -0.3 is 10.0 Å². The van der Waals surface area contributed by atoms with Crippen LogP contribution in [0.25, 0.3) is 0 Å². The third-order valence-corrected chi connectivity index (χ3v) is 4.00. The molecule has 0 saturated heterocycles. The van der Waals surface area contributed by atoms with Gasteiger partial charge in [-0.05, 0) is 36.8 Å². The highest BCUT2D eigenvalue weighted by molar-refractivity contribution is 6.34. The van der Waals surface area contributed by atoms with E-state index in [0.29, 0.717) is 11.3 Å². The van der Waals surface area contributed by atoms with E-state index < -0.39 is 23.6 Å². The molecule has 6 heteroatoms. The number of hydrogen-bond donors (Lipinski definition) is 1. The van der Waals surface area contributed by atoms with Crippen LogP contribution < -0.4 is 4.90 Å². The maximum Gasteiger partial charge on any atom is 0.262 e. The predicted octanol–water partition coefficient (Wildman–Crippen LogP) is 3.70. The van der Waals surface area contributed by atoms with Gasteiger partial charge in [0.05, 0.1) is 16.7 Å². The van der Waals surface area contributed by atoms with E-state index in [1.165, 1.54) is 35.2 Å². The molecule has 1 unspecified atom stereocenters. The van der Waals surface area contributed by atoms with Crippen LogP contribution in [0.15, 0.2) is 36.4 Å². The lowest BCUT2D eigenvalue weighted by Gasteiger charge is -2.32. The minimum Gasteiger partial charge on any atom is -0.388 e. The van der Waals surface area contributed by atoms with E-state index in [1.54, 1.807) is 0 Å². The first-order valence-corrected chi connectivity index (χ1v) is 7.10. The third kappa shape index (κ3) is 2.46. The van der Waals surface area contributed by atoms with Gasteiger partial charge in [0.15, 0.2) is 0 Å². The summed E-state index contributed by atoms with van der Waals surface area (Å²) in [6, 6.07) is 7.78. The fourth-order valence-corrected chi connectivity index (χ4v) is 2.86. The standard InChI is InChI=1S/C16H12ClF2NO2/c17-11-2-1-3-12(19)15(11)16(22)20-7-6-14(21)10-8-9(18)4-5-13(10)20/h1-5,8,14,21H,6-7H2. The molecule has 1 N–H and O–H groups in total. The van der Waals surface area contributed by atoms with Crippen LogP contribution in [0.3, 0.4) is 0 Å². The van der Waals surface area contributed by atoms with Crippen molar-refractivity contribution in [1.29, 1.82) is 0 Å². The van der Waals surface area contributed by atoms with Crippen molar-refractivity contribution < 1.29 is 18.7 Å². The fraction of sp³-hybridized carbons (Fsp3) is 0.188. The molecule has 1 heterocycles. The van der Waals surface area contributed by atoms with Crippen molar-refractivity contribution in [2.24, 2.45) is 0 Å². The van der Waals surface area contributed by atoms with Crippen molar-refractivity contribution in [3.8, 4) is 0 Å². The van der Waals surface area contributed by atoms with E-state index >= 15 is 0 Å². The van der Waals surface area contributed by atoms with Crippen molar-refractivity contribution in [1.82, 2.24) is 0 Å². The molecule has 0 aliphatic carbocycles. The fourth-order valence-electron chi connectivity index (χ4n) is 2.61. The number of carbonyl (C=O) groups is 1. The van der Waals surface area contributed by atoms with E-state index in [4.69, 9.17) is 11.6 Å². The molecule has 0 radical (unpaired) electrons. The Balaban J connectivity index is 2.07. The lowest BCUT2D eigenvalue weighted by atomic mass is 9.97. The second-order valence-electron chi connectivity index (χ2n) is 5.06. The molecular formula is C16H12ClF2NO2. The SMILES string of the molecule is O=C(c1c(F)cccc1Cl)N1CCC(O)c2cc(F)ccc21. The highest BCUT2D eigenvalue weighted by atomic mass is 35.5. The largest absolute Gasteiger partial charge is 0.388 e. The lowest BCUT2D eigenvalue weighted by Crippen LogP contribution is -2.37. The van der Waals surface area contributed by atoms with Gasteiger partial charge in [-0.25, -0.2) is 8.78 Å². The molecule has 3 nitrogen and oxygen atoms in total. The molecule has 0 spiro atoms. The molecule has 0 fully saturated rings. The first kappa shape index (κ1) is 14.9. The average molecular weight is 324 g/mol. The zero-order valence-electron chi connectivity index (χ0n) is 11.4. The van der Waals surface area contributed by atoms with Gasteiger partial charge >= 0.3 is 0 Å². The van der Waals surface area contributed by atoms with Gasteiger partial charge in [-0.3, -0.25) is 4.79 Å². The van der Waals surface area contributed by atoms with Crippen molar-refractivity contribution in [3.05, 3.63) is 64.2 Å². The second kappa shape index (κ2) is 5.66. The number of fused-ring (bicyclic) bond motifs is 1. The van der Waals surface area contributed by atoms with E-state index in [1.807, 2.05) is 0 Å². The highest BCUT2D eigenvalue weighted by Crippen LogP contribution is 2.36. The average Bonchev–Trinajstić information content (AvgIpc) is 2.48. The maximum atomic E-state index is 13.9. The third-order valence-electron chi connectivity index (χ3n) is 3.69. The smallest absolute Gasteiger partial charge is 0.262 e. The summed E-state index contributed by atoms with van der Waals surface area (Å²) in [7, 11) is 0. The summed E-state index contributed by atoms with van der Waals surface area (Å²) in [6.07, 6.45) is -0.611. The highest BCUT2D eigenvalue weighted by Gasteiger charge is 2.30. The molecule has 2 aromatic carbocycles. The topological polar surface area (TPSA) is 40.5 Å². The van der Waals surface area contributed by atoms with E-state index in [2.05, 4.69) is 0 Å². The molecule has 0 bridgehead atoms. The Morgan fingerprint density at radius 2 is 2.05 bits per heavy atom. The van der Waals surface area contributed by atoms with Gasteiger partial charge in [0.2, 0.25) is 0 Å². The Morgan fingerprint density at radius 1 is 1.27 bits per heavy atom. The number of aliphatic hydroxyl groups excluding tert-OH is 1. The van der Waals surface area contributed by atoms with Crippen LogP contribution in [0.1, 0.15) is 28.4 Å². The molecule has 1 amide bonds. The number of nitrogens with zero attached hydrogens (tertiary/aromatic N) is 1. The van der Waals surface area contributed by atoms with Gasteiger partial charge in [0.1, 0.15) is 11.6 Å². The Labute approximate surface area is 130 Å². The number of carbonyl (C=O) groups excluding carboxylic acids is 1. The van der Waals surface area contributed by atoms with Gasteiger partial charge in [-0.15, -0.1) is 0 Å². The van der Waals surface area contributed by atoms with Crippen LogP contribution in [0.2, 0.25) is 5.02 Å². The molecular weight excluding hydrogens is 312 g/mol. The van der Waals surface area contributed by atoms with Crippen LogP contribution in [-0.4, -0.2) is 17.6 Å². The van der Waals surface area contributed by atoms with Gasteiger partial charge in [-0.2, -0.15) is 0 Å². The number of anilines is 1.